The van der Waals surface area contributed by atoms with Gasteiger partial charge in [0.15, 0.2) is 0 Å². The van der Waals surface area contributed by atoms with E-state index in [1.165, 1.54) is 19.4 Å². The lowest BCUT2D eigenvalue weighted by Crippen LogP contribution is -2.14. The van der Waals surface area contributed by atoms with Gasteiger partial charge in [-0.3, -0.25) is 9.59 Å². The van der Waals surface area contributed by atoms with Crippen LogP contribution in [0.2, 0.25) is 0 Å². The Bertz CT molecular complexity index is 1100. The lowest BCUT2D eigenvalue weighted by molar-refractivity contribution is 0.0601. The topological polar surface area (TPSA) is 107 Å². The van der Waals surface area contributed by atoms with Crippen LogP contribution in [-0.2, 0) is 4.74 Å². The number of amides is 2. The number of esters is 1. The summed E-state index contributed by atoms with van der Waals surface area (Å²) in [5, 5.41) is 5.69. The van der Waals surface area contributed by atoms with Crippen molar-refractivity contribution in [3.05, 3.63) is 63.9 Å². The third kappa shape index (κ3) is 4.20. The van der Waals surface area contributed by atoms with Gasteiger partial charge in [0, 0.05) is 5.69 Å². The molecule has 0 radical (unpaired) electrons. The maximum atomic E-state index is 12.8. The van der Waals surface area contributed by atoms with Gasteiger partial charge in [-0.2, -0.15) is 0 Å². The van der Waals surface area contributed by atoms with Gasteiger partial charge in [0.05, 0.1) is 36.5 Å². The molecule has 8 nitrogen and oxygen atoms in total. The van der Waals surface area contributed by atoms with Crippen molar-refractivity contribution in [1.82, 2.24) is 0 Å². The molecule has 1 aromatic carbocycles. The van der Waals surface area contributed by atoms with Crippen LogP contribution in [0.5, 0.6) is 5.75 Å². The van der Waals surface area contributed by atoms with E-state index in [0.29, 0.717) is 28.3 Å². The minimum Gasteiger partial charge on any atom is -0.497 e. The van der Waals surface area contributed by atoms with Gasteiger partial charge in [0.1, 0.15) is 16.5 Å². The molecular formula is C21H20N2O6S. The average molecular weight is 428 g/mol. The molecule has 0 atom stereocenters. The minimum absolute atomic E-state index is 0.136. The monoisotopic (exact) mass is 428 g/mol. The Morgan fingerprint density at radius 1 is 0.967 bits per heavy atom. The van der Waals surface area contributed by atoms with Crippen molar-refractivity contribution in [2.24, 2.45) is 0 Å². The van der Waals surface area contributed by atoms with Crippen molar-refractivity contribution < 1.29 is 28.3 Å². The highest BCUT2D eigenvalue weighted by molar-refractivity contribution is 7.19. The zero-order valence-corrected chi connectivity index (χ0v) is 17.6. The summed E-state index contributed by atoms with van der Waals surface area (Å²) >= 11 is 0.996. The number of rotatable bonds is 6. The van der Waals surface area contributed by atoms with Crippen LogP contribution in [-0.4, -0.2) is 32.0 Å². The summed E-state index contributed by atoms with van der Waals surface area (Å²) in [7, 11) is 2.79. The van der Waals surface area contributed by atoms with Gasteiger partial charge in [0.25, 0.3) is 11.8 Å². The normalized spacial score (nSPS) is 10.4. The van der Waals surface area contributed by atoms with Crippen LogP contribution in [0.25, 0.3) is 0 Å². The molecule has 2 aromatic heterocycles. The highest BCUT2D eigenvalue weighted by Crippen LogP contribution is 2.35. The van der Waals surface area contributed by atoms with E-state index in [9.17, 15) is 14.4 Å². The molecule has 3 rings (SSSR count). The number of carbonyl (C=O) groups is 3. The molecule has 2 N–H and O–H groups in total. The summed E-state index contributed by atoms with van der Waals surface area (Å²) in [6.07, 6.45) is 1.40. The molecule has 2 amide bonds. The Morgan fingerprint density at radius 2 is 1.67 bits per heavy atom. The van der Waals surface area contributed by atoms with Crippen molar-refractivity contribution in [3.63, 3.8) is 0 Å². The van der Waals surface area contributed by atoms with Gasteiger partial charge in [0.2, 0.25) is 0 Å². The molecule has 0 bridgehead atoms. The number of benzene rings is 1. The maximum Gasteiger partial charge on any atom is 0.341 e. The first kappa shape index (κ1) is 21.1. The Hall–Kier alpha value is -3.59. The van der Waals surface area contributed by atoms with E-state index in [1.54, 1.807) is 45.2 Å². The second kappa shape index (κ2) is 8.83. The molecule has 0 aliphatic carbocycles. The predicted molar refractivity (Wildman–Crippen MR) is 113 cm³/mol. The van der Waals surface area contributed by atoms with Crippen molar-refractivity contribution in [3.8, 4) is 5.75 Å². The molecule has 0 fully saturated rings. The number of carbonyl (C=O) groups excluding carboxylic acids is 3. The van der Waals surface area contributed by atoms with Crippen LogP contribution < -0.4 is 15.4 Å². The predicted octanol–water partition coefficient (Wildman–Crippen LogP) is 4.26. The van der Waals surface area contributed by atoms with Gasteiger partial charge in [-0.25, -0.2) is 4.79 Å². The van der Waals surface area contributed by atoms with Gasteiger partial charge in [-0.05, 0) is 49.7 Å². The fourth-order valence-corrected chi connectivity index (χ4v) is 3.90. The molecule has 156 valence electrons. The summed E-state index contributed by atoms with van der Waals surface area (Å²) in [5.41, 5.74) is 1.45. The molecule has 9 heteroatoms. The van der Waals surface area contributed by atoms with Gasteiger partial charge in [-0.1, -0.05) is 0 Å². The van der Waals surface area contributed by atoms with E-state index in [2.05, 4.69) is 10.6 Å². The Balaban J connectivity index is 1.91. The number of thiophene rings is 1. The lowest BCUT2D eigenvalue weighted by Gasteiger charge is -2.06. The zero-order chi connectivity index (χ0) is 21.8. The third-order valence-electron chi connectivity index (χ3n) is 4.42. The molecule has 0 spiro atoms. The standard InChI is InChI=1S/C21H20N2O6S/c1-11-16(21(26)28-4)20(23-18(24)15-9-10-29-12(15)2)30-17(11)19(25)22-13-5-7-14(27-3)8-6-13/h5-10H,1-4H3,(H,22,25)(H,23,24). The van der Waals surface area contributed by atoms with Crippen molar-refractivity contribution >= 4 is 39.8 Å². The number of nitrogens with one attached hydrogen (secondary N) is 2. The molecule has 0 aliphatic rings. The fraction of sp³-hybridized carbons (Fsp3) is 0.190. The molecular weight excluding hydrogens is 408 g/mol. The molecule has 0 saturated carbocycles. The molecule has 30 heavy (non-hydrogen) atoms. The molecule has 3 aromatic rings. The van der Waals surface area contributed by atoms with E-state index in [4.69, 9.17) is 13.9 Å². The minimum atomic E-state index is -0.647. The summed E-state index contributed by atoms with van der Waals surface area (Å²) in [4.78, 5) is 38.0. The van der Waals surface area contributed by atoms with Crippen LogP contribution in [0, 0.1) is 13.8 Å². The summed E-state index contributed by atoms with van der Waals surface area (Å²) in [5.74, 6) is -0.403. The maximum absolute atomic E-state index is 12.8. The van der Waals surface area contributed by atoms with Gasteiger partial charge >= 0.3 is 5.97 Å². The molecule has 2 heterocycles. The van der Waals surface area contributed by atoms with Crippen LogP contribution in [0.4, 0.5) is 10.7 Å². The Morgan fingerprint density at radius 3 is 2.23 bits per heavy atom. The first-order valence-corrected chi connectivity index (χ1v) is 9.70. The number of ether oxygens (including phenoxy) is 2. The average Bonchev–Trinajstić information content (AvgIpc) is 3.31. The van der Waals surface area contributed by atoms with Gasteiger partial charge in [-0.15, -0.1) is 11.3 Å². The second-order valence-electron chi connectivity index (χ2n) is 6.28. The van der Waals surface area contributed by atoms with E-state index in [1.807, 2.05) is 0 Å². The van der Waals surface area contributed by atoms with Crippen molar-refractivity contribution in [1.29, 1.82) is 0 Å². The smallest absolute Gasteiger partial charge is 0.341 e. The van der Waals surface area contributed by atoms with Crippen LogP contribution in [0.3, 0.4) is 0 Å². The molecule has 0 aliphatic heterocycles. The van der Waals surface area contributed by atoms with Crippen LogP contribution >= 0.6 is 11.3 Å². The van der Waals surface area contributed by atoms with E-state index in [-0.39, 0.29) is 15.4 Å². The molecule has 0 unspecified atom stereocenters. The highest BCUT2D eigenvalue weighted by Gasteiger charge is 2.27. The number of furan rings is 1. The number of methoxy groups -OCH3 is 2. The van der Waals surface area contributed by atoms with E-state index >= 15 is 0 Å². The lowest BCUT2D eigenvalue weighted by atomic mass is 10.1. The van der Waals surface area contributed by atoms with E-state index in [0.717, 1.165) is 11.3 Å². The number of hydrogen-bond acceptors (Lipinski definition) is 7. The first-order valence-electron chi connectivity index (χ1n) is 8.88. The van der Waals surface area contributed by atoms with E-state index < -0.39 is 17.8 Å². The summed E-state index contributed by atoms with van der Waals surface area (Å²) < 4.78 is 15.1. The van der Waals surface area contributed by atoms with Gasteiger partial charge < -0.3 is 24.5 Å². The third-order valence-corrected chi connectivity index (χ3v) is 5.63. The Labute approximate surface area is 176 Å². The fourth-order valence-electron chi connectivity index (χ4n) is 2.82. The second-order valence-corrected chi connectivity index (χ2v) is 7.30. The quantitative estimate of drug-likeness (QED) is 0.568. The number of anilines is 2. The zero-order valence-electron chi connectivity index (χ0n) is 16.8. The van der Waals surface area contributed by atoms with Crippen LogP contribution in [0.15, 0.2) is 41.0 Å². The first-order chi connectivity index (χ1) is 14.3. The highest BCUT2D eigenvalue weighted by atomic mass is 32.1. The van der Waals surface area contributed by atoms with Crippen LogP contribution in [0.1, 0.15) is 41.7 Å². The Kier molecular flexibility index (Phi) is 6.22. The number of hydrogen-bond donors (Lipinski definition) is 2. The summed E-state index contributed by atoms with van der Waals surface area (Å²) in [6.45, 7) is 3.29. The van der Waals surface area contributed by atoms with Crippen molar-refractivity contribution in [2.45, 2.75) is 13.8 Å². The SMILES string of the molecule is COC(=O)c1c(NC(=O)c2ccoc2C)sc(C(=O)Nc2ccc(OC)cc2)c1C. The largest absolute Gasteiger partial charge is 0.497 e. The van der Waals surface area contributed by atoms with Crippen molar-refractivity contribution in [2.75, 3.05) is 24.9 Å². The molecule has 0 saturated heterocycles. The number of aryl methyl sites for hydroxylation is 1. The summed E-state index contributed by atoms with van der Waals surface area (Å²) in [6, 6.07) is 8.36.